The summed E-state index contributed by atoms with van der Waals surface area (Å²) >= 11 is 1.65. The van der Waals surface area contributed by atoms with E-state index in [2.05, 4.69) is 4.98 Å². The summed E-state index contributed by atoms with van der Waals surface area (Å²) in [5.74, 6) is 0.900. The van der Waals surface area contributed by atoms with Gasteiger partial charge in [0.05, 0.1) is 16.8 Å². The van der Waals surface area contributed by atoms with Crippen LogP contribution in [0.5, 0.6) is 0 Å². The summed E-state index contributed by atoms with van der Waals surface area (Å²) in [5, 5.41) is 0. The minimum Gasteiger partial charge on any atom is -0.454 e. The number of thioether (sulfide) groups is 1. The minimum absolute atomic E-state index is 0.0419. The predicted octanol–water partition coefficient (Wildman–Crippen LogP) is 3.42. The molecule has 1 aliphatic rings. The maximum Gasteiger partial charge on any atom is 0.326 e. The van der Waals surface area contributed by atoms with E-state index in [1.54, 1.807) is 16.7 Å². The third kappa shape index (κ3) is 4.15. The molecule has 0 saturated heterocycles. The van der Waals surface area contributed by atoms with E-state index < -0.39 is 5.97 Å². The smallest absolute Gasteiger partial charge is 0.326 e. The van der Waals surface area contributed by atoms with Gasteiger partial charge in [0.25, 0.3) is 5.91 Å². The van der Waals surface area contributed by atoms with E-state index in [9.17, 15) is 9.59 Å². The second-order valence-electron chi connectivity index (χ2n) is 6.97. The van der Waals surface area contributed by atoms with Gasteiger partial charge in [-0.3, -0.25) is 9.59 Å². The summed E-state index contributed by atoms with van der Waals surface area (Å²) in [5.41, 5.74) is 3.82. The molecule has 2 aromatic carbocycles. The van der Waals surface area contributed by atoms with Crippen LogP contribution in [0.4, 0.5) is 5.69 Å². The Hall–Kier alpha value is -2.80. The molecule has 0 spiro atoms. The largest absolute Gasteiger partial charge is 0.454 e. The molecule has 3 aromatic rings. The highest BCUT2D eigenvalue weighted by Gasteiger charge is 2.23. The van der Waals surface area contributed by atoms with Crippen LogP contribution in [0.25, 0.3) is 11.0 Å². The number of benzene rings is 2. The average molecular weight is 410 g/mol. The highest BCUT2D eigenvalue weighted by molar-refractivity contribution is 7.97. The van der Waals surface area contributed by atoms with Crippen LogP contribution in [-0.2, 0) is 33.0 Å². The zero-order valence-corrected chi connectivity index (χ0v) is 17.2. The van der Waals surface area contributed by atoms with Gasteiger partial charge in [0, 0.05) is 12.2 Å². The number of rotatable bonds is 6. The number of imidazole rings is 1. The van der Waals surface area contributed by atoms with Crippen LogP contribution in [0.15, 0.2) is 48.5 Å². The SMILES string of the molecule is CSCc1nc2ccccc2n1CC(=O)OCC(=O)N1CCCc2ccccc21. The summed E-state index contributed by atoms with van der Waals surface area (Å²) in [7, 11) is 0. The molecule has 2 heterocycles. The molecule has 29 heavy (non-hydrogen) atoms. The third-order valence-corrected chi connectivity index (χ3v) is 5.61. The summed E-state index contributed by atoms with van der Waals surface area (Å²) in [4.78, 5) is 31.5. The monoisotopic (exact) mass is 409 g/mol. The predicted molar refractivity (Wildman–Crippen MR) is 115 cm³/mol. The maximum atomic E-state index is 12.7. The van der Waals surface area contributed by atoms with Crippen LogP contribution in [0.1, 0.15) is 17.8 Å². The molecular weight excluding hydrogens is 386 g/mol. The number of para-hydroxylation sites is 3. The molecule has 4 rings (SSSR count). The molecule has 0 radical (unpaired) electrons. The molecule has 0 N–H and O–H groups in total. The Balaban J connectivity index is 1.43. The van der Waals surface area contributed by atoms with E-state index in [0.29, 0.717) is 12.3 Å². The number of esters is 1. The van der Waals surface area contributed by atoms with Crippen LogP contribution in [0.2, 0.25) is 0 Å². The van der Waals surface area contributed by atoms with Crippen LogP contribution >= 0.6 is 11.8 Å². The number of ether oxygens (including phenoxy) is 1. The highest BCUT2D eigenvalue weighted by Crippen LogP contribution is 2.26. The van der Waals surface area contributed by atoms with Gasteiger partial charge in [-0.1, -0.05) is 30.3 Å². The fourth-order valence-electron chi connectivity index (χ4n) is 3.73. The average Bonchev–Trinajstić information content (AvgIpc) is 3.09. The molecule has 7 heteroatoms. The van der Waals surface area contributed by atoms with Crippen molar-refractivity contribution >= 4 is 40.4 Å². The molecule has 0 aliphatic carbocycles. The first-order chi connectivity index (χ1) is 14.2. The molecule has 0 unspecified atom stereocenters. The zero-order chi connectivity index (χ0) is 20.2. The van der Waals surface area contributed by atoms with Crippen molar-refractivity contribution in [3.8, 4) is 0 Å². The second-order valence-corrected chi connectivity index (χ2v) is 7.84. The van der Waals surface area contributed by atoms with Gasteiger partial charge in [-0.2, -0.15) is 11.8 Å². The first-order valence-electron chi connectivity index (χ1n) is 9.64. The lowest BCUT2D eigenvalue weighted by molar-refractivity contribution is -0.148. The first-order valence-corrected chi connectivity index (χ1v) is 11.0. The Labute approximate surface area is 173 Å². The van der Waals surface area contributed by atoms with Crippen molar-refractivity contribution in [1.82, 2.24) is 9.55 Å². The van der Waals surface area contributed by atoms with Gasteiger partial charge in [0.15, 0.2) is 6.61 Å². The van der Waals surface area contributed by atoms with Crippen molar-refractivity contribution in [2.75, 3.05) is 24.3 Å². The van der Waals surface area contributed by atoms with E-state index in [1.165, 1.54) is 0 Å². The van der Waals surface area contributed by atoms with Crippen molar-refractivity contribution in [1.29, 1.82) is 0 Å². The van der Waals surface area contributed by atoms with Gasteiger partial charge in [0.1, 0.15) is 12.4 Å². The Morgan fingerprint density at radius 1 is 1.14 bits per heavy atom. The van der Waals surface area contributed by atoms with Gasteiger partial charge in [-0.25, -0.2) is 4.98 Å². The lowest BCUT2D eigenvalue weighted by Gasteiger charge is -2.29. The Kier molecular flexibility index (Phi) is 5.85. The third-order valence-electron chi connectivity index (χ3n) is 5.06. The maximum absolute atomic E-state index is 12.7. The van der Waals surface area contributed by atoms with Gasteiger partial charge >= 0.3 is 5.97 Å². The number of carbonyl (C=O) groups is 2. The van der Waals surface area contributed by atoms with Gasteiger partial charge < -0.3 is 14.2 Å². The quantitative estimate of drug-likeness (QED) is 0.584. The lowest BCUT2D eigenvalue weighted by atomic mass is 10.0. The van der Waals surface area contributed by atoms with Crippen molar-refractivity contribution in [2.45, 2.75) is 25.1 Å². The molecule has 150 valence electrons. The van der Waals surface area contributed by atoms with E-state index in [-0.39, 0.29) is 19.1 Å². The lowest BCUT2D eigenvalue weighted by Crippen LogP contribution is -2.38. The van der Waals surface area contributed by atoms with Gasteiger partial charge in [-0.05, 0) is 42.9 Å². The number of hydrogen-bond donors (Lipinski definition) is 0. The van der Waals surface area contributed by atoms with E-state index in [1.807, 2.05) is 59.4 Å². The summed E-state index contributed by atoms with van der Waals surface area (Å²) < 4.78 is 7.21. The Bertz CT molecular complexity index is 1050. The number of aryl methyl sites for hydroxylation is 1. The Morgan fingerprint density at radius 3 is 2.79 bits per heavy atom. The number of amides is 1. The normalized spacial score (nSPS) is 13.3. The van der Waals surface area contributed by atoms with Crippen molar-refractivity contribution in [3.63, 3.8) is 0 Å². The van der Waals surface area contributed by atoms with Crippen LogP contribution in [0, 0.1) is 0 Å². The highest BCUT2D eigenvalue weighted by atomic mass is 32.2. The molecule has 0 bridgehead atoms. The van der Waals surface area contributed by atoms with E-state index in [4.69, 9.17) is 4.74 Å². The summed E-state index contributed by atoms with van der Waals surface area (Å²) in [6, 6.07) is 15.6. The number of aromatic nitrogens is 2. The number of anilines is 1. The van der Waals surface area contributed by atoms with Crippen molar-refractivity contribution < 1.29 is 14.3 Å². The van der Waals surface area contributed by atoms with Crippen LogP contribution < -0.4 is 4.90 Å². The molecule has 0 fully saturated rings. The van der Waals surface area contributed by atoms with Crippen molar-refractivity contribution in [3.05, 3.63) is 59.9 Å². The number of nitrogens with zero attached hydrogens (tertiary/aromatic N) is 3. The summed E-state index contributed by atoms with van der Waals surface area (Å²) in [6.07, 6.45) is 3.87. The fourth-order valence-corrected chi connectivity index (χ4v) is 4.21. The molecule has 0 atom stereocenters. The first kappa shape index (κ1) is 19.5. The van der Waals surface area contributed by atoms with Crippen LogP contribution in [-0.4, -0.2) is 40.8 Å². The zero-order valence-electron chi connectivity index (χ0n) is 16.3. The summed E-state index contributed by atoms with van der Waals surface area (Å²) in [6.45, 7) is 0.440. The molecule has 1 amide bonds. The molecule has 1 aliphatic heterocycles. The molecular formula is C22H23N3O3S. The molecule has 6 nitrogen and oxygen atoms in total. The van der Waals surface area contributed by atoms with E-state index >= 15 is 0 Å². The van der Waals surface area contributed by atoms with Gasteiger partial charge in [0.2, 0.25) is 0 Å². The molecule has 1 aromatic heterocycles. The topological polar surface area (TPSA) is 64.4 Å². The van der Waals surface area contributed by atoms with Crippen molar-refractivity contribution in [2.24, 2.45) is 0 Å². The number of carbonyl (C=O) groups excluding carboxylic acids is 2. The van der Waals surface area contributed by atoms with Crippen LogP contribution in [0.3, 0.4) is 0 Å². The van der Waals surface area contributed by atoms with E-state index in [0.717, 1.165) is 41.0 Å². The number of fused-ring (bicyclic) bond motifs is 2. The molecule has 0 saturated carbocycles. The second kappa shape index (κ2) is 8.69. The minimum atomic E-state index is -0.436. The number of hydrogen-bond acceptors (Lipinski definition) is 5. The van der Waals surface area contributed by atoms with Gasteiger partial charge in [-0.15, -0.1) is 0 Å². The standard InChI is InChI=1S/C22H23N3O3S/c1-29-15-20-23-17-9-3-5-11-19(17)25(20)13-22(27)28-14-21(26)24-12-6-8-16-7-2-4-10-18(16)24/h2-5,7,9-11H,6,8,12-15H2,1H3. The Morgan fingerprint density at radius 2 is 1.93 bits per heavy atom. The fraction of sp³-hybridized carbons (Fsp3) is 0.318.